The van der Waals surface area contributed by atoms with Crippen LogP contribution in [0.4, 0.5) is 0 Å². The van der Waals surface area contributed by atoms with Crippen molar-refractivity contribution in [3.63, 3.8) is 0 Å². The molecule has 13 heteroatoms. The second-order valence-electron chi connectivity index (χ2n) is 8.98. The van der Waals surface area contributed by atoms with Crippen LogP contribution >= 0.6 is 23.2 Å². The smallest absolute Gasteiger partial charge is 0.337 e. The first kappa shape index (κ1) is 29.3. The molecule has 1 amide bonds. The van der Waals surface area contributed by atoms with E-state index in [0.717, 1.165) is 21.5 Å². The predicted molar refractivity (Wildman–Crippen MR) is 145 cm³/mol. The molecule has 1 N–H and O–H groups in total. The minimum absolute atomic E-state index is 0.0923. The molecule has 0 saturated carbocycles. The van der Waals surface area contributed by atoms with Gasteiger partial charge in [-0.15, -0.1) is 0 Å². The van der Waals surface area contributed by atoms with Crippen molar-refractivity contribution in [3.05, 3.63) is 81.0 Å². The van der Waals surface area contributed by atoms with E-state index in [1.165, 1.54) is 19.3 Å². The lowest BCUT2D eigenvalue weighted by atomic mass is 9.99. The minimum atomic E-state index is -4.08. The molecule has 2 aliphatic heterocycles. The van der Waals surface area contributed by atoms with Crippen LogP contribution in [0, 0.1) is 0 Å². The van der Waals surface area contributed by atoms with Gasteiger partial charge >= 0.3 is 16.2 Å². The lowest BCUT2D eigenvalue weighted by Crippen LogP contribution is -2.46. The van der Waals surface area contributed by atoms with Crippen molar-refractivity contribution in [1.82, 2.24) is 14.1 Å². The van der Waals surface area contributed by atoms with E-state index in [9.17, 15) is 18.0 Å². The van der Waals surface area contributed by atoms with Gasteiger partial charge < -0.3 is 9.47 Å². The highest BCUT2D eigenvalue weighted by molar-refractivity contribution is 7.86. The SMILES string of the molecule is CCOC(=O)C1=CN(Cc2ccc(C(=O)NOC3CCCCO3)cc2)S(=O)(=O)N(C)C1c1ccc(Cl)cc1Cl. The van der Waals surface area contributed by atoms with Gasteiger partial charge in [0.15, 0.2) is 6.29 Å². The number of nitrogens with zero attached hydrogens (tertiary/aromatic N) is 2. The minimum Gasteiger partial charge on any atom is -0.463 e. The van der Waals surface area contributed by atoms with Crippen molar-refractivity contribution < 1.29 is 32.3 Å². The van der Waals surface area contributed by atoms with Gasteiger partial charge in [-0.05, 0) is 55.2 Å². The first-order chi connectivity index (χ1) is 18.6. The van der Waals surface area contributed by atoms with Crippen LogP contribution in [0.2, 0.25) is 10.0 Å². The van der Waals surface area contributed by atoms with Crippen molar-refractivity contribution in [1.29, 1.82) is 0 Å². The van der Waals surface area contributed by atoms with Gasteiger partial charge in [0.05, 0.1) is 24.8 Å². The van der Waals surface area contributed by atoms with Gasteiger partial charge in [0.25, 0.3) is 5.91 Å². The summed E-state index contributed by atoms with van der Waals surface area (Å²) in [5, 5.41) is 0.588. The summed E-state index contributed by atoms with van der Waals surface area (Å²) in [6, 6.07) is 9.99. The molecule has 10 nitrogen and oxygen atoms in total. The number of carbonyl (C=O) groups is 2. The zero-order chi connectivity index (χ0) is 28.2. The van der Waals surface area contributed by atoms with Gasteiger partial charge in [-0.25, -0.2) is 15.1 Å². The van der Waals surface area contributed by atoms with Crippen LogP contribution in [-0.4, -0.2) is 55.5 Å². The first-order valence-electron chi connectivity index (χ1n) is 12.4. The van der Waals surface area contributed by atoms with Crippen LogP contribution in [0.1, 0.15) is 53.7 Å². The van der Waals surface area contributed by atoms with Gasteiger partial charge in [-0.3, -0.25) is 9.10 Å². The predicted octanol–water partition coefficient (Wildman–Crippen LogP) is 4.36. The molecule has 2 unspecified atom stereocenters. The Hall–Kier alpha value is -2.67. The molecule has 0 spiro atoms. The number of carbonyl (C=O) groups excluding carboxylic acids is 2. The summed E-state index contributed by atoms with van der Waals surface area (Å²) in [5.74, 6) is -1.12. The van der Waals surface area contributed by atoms with Crippen LogP contribution < -0.4 is 5.48 Å². The highest BCUT2D eigenvalue weighted by atomic mass is 35.5. The summed E-state index contributed by atoms with van der Waals surface area (Å²) in [5.41, 5.74) is 3.79. The molecule has 210 valence electrons. The molecule has 0 bridgehead atoms. The number of likely N-dealkylation sites (N-methyl/N-ethyl adjacent to an activating group) is 1. The third kappa shape index (κ3) is 6.74. The molecule has 1 saturated heterocycles. The number of halogens is 2. The first-order valence-corrected chi connectivity index (χ1v) is 14.5. The monoisotopic (exact) mass is 597 g/mol. The van der Waals surface area contributed by atoms with Crippen molar-refractivity contribution in [2.24, 2.45) is 0 Å². The molecular formula is C26H29Cl2N3O7S. The topological polar surface area (TPSA) is 114 Å². The van der Waals surface area contributed by atoms with E-state index < -0.39 is 34.4 Å². The summed E-state index contributed by atoms with van der Waals surface area (Å²) in [6.45, 7) is 2.26. The Labute approximate surface area is 237 Å². The van der Waals surface area contributed by atoms with E-state index in [4.69, 9.17) is 37.5 Å². The summed E-state index contributed by atoms with van der Waals surface area (Å²) in [6.07, 6.45) is 3.41. The number of rotatable bonds is 8. The number of ether oxygens (including phenoxy) is 2. The Morgan fingerprint density at radius 3 is 2.51 bits per heavy atom. The Morgan fingerprint density at radius 2 is 1.87 bits per heavy atom. The zero-order valence-corrected chi connectivity index (χ0v) is 23.8. The number of esters is 1. The van der Waals surface area contributed by atoms with E-state index >= 15 is 0 Å². The Morgan fingerprint density at radius 1 is 1.13 bits per heavy atom. The van der Waals surface area contributed by atoms with Crippen LogP contribution in [-0.2, 0) is 35.9 Å². The summed E-state index contributed by atoms with van der Waals surface area (Å²) >= 11 is 12.4. The molecule has 2 aromatic rings. The molecule has 0 aliphatic carbocycles. The Balaban J connectivity index is 1.56. The largest absolute Gasteiger partial charge is 0.463 e. The molecule has 2 atom stereocenters. The second-order valence-corrected chi connectivity index (χ2v) is 11.8. The number of hydrogen-bond donors (Lipinski definition) is 1. The van der Waals surface area contributed by atoms with E-state index in [1.54, 1.807) is 43.3 Å². The third-order valence-corrected chi connectivity index (χ3v) is 8.67. The number of benzene rings is 2. The summed E-state index contributed by atoms with van der Waals surface area (Å²) in [4.78, 5) is 30.7. The van der Waals surface area contributed by atoms with Gasteiger partial charge in [0, 0.05) is 41.9 Å². The maximum absolute atomic E-state index is 13.5. The van der Waals surface area contributed by atoms with Gasteiger partial charge in [-0.1, -0.05) is 41.4 Å². The average Bonchev–Trinajstić information content (AvgIpc) is 2.92. The molecule has 2 aromatic carbocycles. The van der Waals surface area contributed by atoms with Crippen LogP contribution in [0.3, 0.4) is 0 Å². The van der Waals surface area contributed by atoms with Crippen molar-refractivity contribution in [2.45, 2.75) is 45.1 Å². The quantitative estimate of drug-likeness (QED) is 0.355. The van der Waals surface area contributed by atoms with Gasteiger partial charge in [-0.2, -0.15) is 12.7 Å². The zero-order valence-electron chi connectivity index (χ0n) is 21.4. The van der Waals surface area contributed by atoms with E-state index in [-0.39, 0.29) is 23.7 Å². The molecular weight excluding hydrogens is 569 g/mol. The molecule has 2 heterocycles. The molecule has 1 fully saturated rings. The summed E-state index contributed by atoms with van der Waals surface area (Å²) in [7, 11) is -2.71. The third-order valence-electron chi connectivity index (χ3n) is 6.35. The molecule has 4 rings (SSSR count). The molecule has 0 aromatic heterocycles. The standard InChI is InChI=1S/C26H29Cl2N3O7S/c1-3-36-26(33)21-16-31(39(34,35)30(2)24(21)20-12-11-19(27)14-22(20)28)15-17-7-9-18(10-8-17)25(32)29-38-23-6-4-5-13-37-23/h7-12,14,16,23-24H,3-6,13,15H2,1-2H3,(H,29,32). The fourth-order valence-electron chi connectivity index (χ4n) is 4.30. The number of amides is 1. The van der Waals surface area contributed by atoms with E-state index in [0.29, 0.717) is 34.7 Å². The number of hydroxylamine groups is 1. The lowest BCUT2D eigenvalue weighted by molar-refractivity contribution is -0.186. The van der Waals surface area contributed by atoms with E-state index in [2.05, 4.69) is 5.48 Å². The molecule has 2 aliphatic rings. The Kier molecular flexibility index (Phi) is 9.52. The van der Waals surface area contributed by atoms with Crippen LogP contribution in [0.5, 0.6) is 0 Å². The van der Waals surface area contributed by atoms with Crippen LogP contribution in [0.25, 0.3) is 0 Å². The molecule has 0 radical (unpaired) electrons. The van der Waals surface area contributed by atoms with Gasteiger partial charge in [0.1, 0.15) is 0 Å². The fourth-order valence-corrected chi connectivity index (χ4v) is 6.20. The van der Waals surface area contributed by atoms with Crippen molar-refractivity contribution >= 4 is 45.3 Å². The van der Waals surface area contributed by atoms with Gasteiger partial charge in [0.2, 0.25) is 0 Å². The maximum Gasteiger partial charge on any atom is 0.337 e. The van der Waals surface area contributed by atoms with Crippen LogP contribution in [0.15, 0.2) is 54.2 Å². The van der Waals surface area contributed by atoms with E-state index in [1.807, 2.05) is 0 Å². The normalized spacial score (nSPS) is 21.2. The fraction of sp³-hybridized carbons (Fsp3) is 0.385. The number of hydrogen-bond acceptors (Lipinski definition) is 7. The lowest BCUT2D eigenvalue weighted by Gasteiger charge is -2.38. The Bertz CT molecular complexity index is 1350. The summed E-state index contributed by atoms with van der Waals surface area (Å²) < 4.78 is 39.8. The highest BCUT2D eigenvalue weighted by Crippen LogP contribution is 2.40. The average molecular weight is 599 g/mol. The number of nitrogens with one attached hydrogen (secondary N) is 1. The maximum atomic E-state index is 13.5. The highest BCUT2D eigenvalue weighted by Gasteiger charge is 2.42. The second kappa shape index (κ2) is 12.7. The molecule has 39 heavy (non-hydrogen) atoms. The van der Waals surface area contributed by atoms with Crippen molar-refractivity contribution in [3.8, 4) is 0 Å². The van der Waals surface area contributed by atoms with Crippen molar-refractivity contribution in [2.75, 3.05) is 20.3 Å².